The van der Waals surface area contributed by atoms with E-state index in [1.807, 2.05) is 42.5 Å². The first kappa shape index (κ1) is 18.2. The van der Waals surface area contributed by atoms with E-state index < -0.39 is 18.2 Å². The van der Waals surface area contributed by atoms with Gasteiger partial charge in [0.2, 0.25) is 0 Å². The summed E-state index contributed by atoms with van der Waals surface area (Å²) in [6, 6.07) is 15.9. The van der Waals surface area contributed by atoms with Crippen LogP contribution in [0.15, 0.2) is 54.6 Å². The summed E-state index contributed by atoms with van der Waals surface area (Å²) in [6.07, 6.45) is -1.54. The Morgan fingerprint density at radius 3 is 2.42 bits per heavy atom. The Kier molecular flexibility index (Phi) is 5.75. The Balaban J connectivity index is 1.65. The number of nitrogens with one attached hydrogen (secondary N) is 1. The third-order valence-corrected chi connectivity index (χ3v) is 4.68. The van der Waals surface area contributed by atoms with Crippen LogP contribution in [-0.4, -0.2) is 48.1 Å². The quantitative estimate of drug-likeness (QED) is 0.729. The van der Waals surface area contributed by atoms with Crippen LogP contribution in [0.3, 0.4) is 0 Å². The van der Waals surface area contributed by atoms with Gasteiger partial charge in [-0.05, 0) is 36.2 Å². The average Bonchev–Trinajstić information content (AvgIpc) is 2.95. The summed E-state index contributed by atoms with van der Waals surface area (Å²) < 4.78 is 10.6. The van der Waals surface area contributed by atoms with E-state index in [9.17, 15) is 15.0 Å². The Hall–Kier alpha value is -2.57. The van der Waals surface area contributed by atoms with Crippen LogP contribution in [0.1, 0.15) is 17.9 Å². The van der Waals surface area contributed by atoms with Crippen molar-refractivity contribution in [3.05, 3.63) is 60.2 Å². The topological polar surface area (TPSA) is 88.0 Å². The van der Waals surface area contributed by atoms with E-state index in [-0.39, 0.29) is 18.4 Å². The lowest BCUT2D eigenvalue weighted by Gasteiger charge is -2.24. The number of rotatable bonds is 6. The molecule has 26 heavy (non-hydrogen) atoms. The molecular formula is C20H23NO5. The number of para-hydroxylation sites is 1. The van der Waals surface area contributed by atoms with Gasteiger partial charge in [-0.15, -0.1) is 0 Å². The second-order valence-corrected chi connectivity index (χ2v) is 6.37. The number of benzene rings is 2. The zero-order valence-corrected chi connectivity index (χ0v) is 14.5. The number of hydrogen-bond acceptors (Lipinski definition) is 5. The van der Waals surface area contributed by atoms with E-state index in [4.69, 9.17) is 9.47 Å². The van der Waals surface area contributed by atoms with Crippen LogP contribution >= 0.6 is 0 Å². The molecule has 1 aliphatic rings. The van der Waals surface area contributed by atoms with Crippen LogP contribution in [0, 0.1) is 0 Å². The van der Waals surface area contributed by atoms with Gasteiger partial charge in [0.05, 0.1) is 19.3 Å². The SMILES string of the molecule is COc1ccc([C@H]2C[C@@H](O)[C@@H](O)[C@@H]2NC(=O)COc2ccccc2)cc1. The van der Waals surface area contributed by atoms with Crippen LogP contribution in [0.2, 0.25) is 0 Å². The molecule has 138 valence electrons. The van der Waals surface area contributed by atoms with Crippen molar-refractivity contribution in [3.63, 3.8) is 0 Å². The maximum atomic E-state index is 12.3. The van der Waals surface area contributed by atoms with Crippen molar-refractivity contribution in [3.8, 4) is 11.5 Å². The fourth-order valence-corrected chi connectivity index (χ4v) is 3.30. The number of aliphatic hydroxyl groups excluding tert-OH is 2. The van der Waals surface area contributed by atoms with Gasteiger partial charge in [0.25, 0.3) is 5.91 Å². The van der Waals surface area contributed by atoms with Gasteiger partial charge in [-0.3, -0.25) is 4.79 Å². The lowest BCUT2D eigenvalue weighted by molar-refractivity contribution is -0.124. The molecule has 0 unspecified atom stereocenters. The first-order chi connectivity index (χ1) is 12.6. The zero-order chi connectivity index (χ0) is 18.5. The highest BCUT2D eigenvalue weighted by Gasteiger charge is 2.43. The van der Waals surface area contributed by atoms with Gasteiger partial charge >= 0.3 is 0 Å². The molecule has 6 nitrogen and oxygen atoms in total. The van der Waals surface area contributed by atoms with Gasteiger partial charge in [0.1, 0.15) is 17.6 Å². The molecule has 0 aromatic heterocycles. The number of hydrogen-bond donors (Lipinski definition) is 3. The summed E-state index contributed by atoms with van der Waals surface area (Å²) in [6.45, 7) is -0.154. The molecule has 3 N–H and O–H groups in total. The Morgan fingerprint density at radius 2 is 1.77 bits per heavy atom. The molecule has 1 aliphatic carbocycles. The Labute approximate surface area is 152 Å². The second-order valence-electron chi connectivity index (χ2n) is 6.37. The predicted octanol–water partition coefficient (Wildman–Crippen LogP) is 1.47. The minimum atomic E-state index is -1.03. The first-order valence-corrected chi connectivity index (χ1v) is 8.56. The monoisotopic (exact) mass is 357 g/mol. The van der Waals surface area contributed by atoms with Crippen LogP contribution in [0.5, 0.6) is 11.5 Å². The number of carbonyl (C=O) groups is 1. The molecule has 1 fully saturated rings. The van der Waals surface area contributed by atoms with E-state index >= 15 is 0 Å². The molecule has 4 atom stereocenters. The summed E-state index contributed by atoms with van der Waals surface area (Å²) in [7, 11) is 1.59. The molecule has 3 rings (SSSR count). The molecule has 0 aliphatic heterocycles. The third-order valence-electron chi connectivity index (χ3n) is 4.68. The normalized spacial score (nSPS) is 24.9. The van der Waals surface area contributed by atoms with Crippen molar-refractivity contribution in [2.45, 2.75) is 30.6 Å². The Morgan fingerprint density at radius 1 is 1.08 bits per heavy atom. The number of methoxy groups -OCH3 is 1. The molecule has 0 saturated heterocycles. The van der Waals surface area contributed by atoms with Crippen molar-refractivity contribution < 1.29 is 24.5 Å². The molecule has 1 saturated carbocycles. The molecule has 6 heteroatoms. The summed E-state index contributed by atoms with van der Waals surface area (Å²) in [5.74, 6) is 0.795. The minimum absolute atomic E-state index is 0.154. The third kappa shape index (κ3) is 4.15. The van der Waals surface area contributed by atoms with E-state index in [0.717, 1.165) is 11.3 Å². The number of aliphatic hydroxyl groups is 2. The molecule has 2 aromatic rings. The summed E-state index contributed by atoms with van der Waals surface area (Å²) in [4.78, 5) is 12.3. The molecule has 2 aromatic carbocycles. The first-order valence-electron chi connectivity index (χ1n) is 8.56. The van der Waals surface area contributed by atoms with Crippen molar-refractivity contribution in [1.29, 1.82) is 0 Å². The van der Waals surface area contributed by atoms with Crippen molar-refractivity contribution in [2.24, 2.45) is 0 Å². The van der Waals surface area contributed by atoms with Gasteiger partial charge in [-0.1, -0.05) is 30.3 Å². The standard InChI is InChI=1S/C20H23NO5/c1-25-14-9-7-13(8-10-14)16-11-17(22)20(24)19(16)21-18(23)12-26-15-5-3-2-4-6-15/h2-10,16-17,19-20,22,24H,11-12H2,1H3,(H,21,23)/t16-,17-,19-,20-/m1/s1. The lowest BCUT2D eigenvalue weighted by atomic mass is 9.93. The van der Waals surface area contributed by atoms with E-state index in [1.165, 1.54) is 0 Å². The van der Waals surface area contributed by atoms with Gasteiger partial charge < -0.3 is 25.0 Å². The minimum Gasteiger partial charge on any atom is -0.497 e. The summed E-state index contributed by atoms with van der Waals surface area (Å²) in [5, 5.41) is 23.2. The fourth-order valence-electron chi connectivity index (χ4n) is 3.30. The Bertz CT molecular complexity index is 719. The number of amides is 1. The molecule has 0 heterocycles. The van der Waals surface area contributed by atoms with Crippen molar-refractivity contribution in [1.82, 2.24) is 5.32 Å². The van der Waals surface area contributed by atoms with Crippen molar-refractivity contribution >= 4 is 5.91 Å². The lowest BCUT2D eigenvalue weighted by Crippen LogP contribution is -2.46. The fraction of sp³-hybridized carbons (Fsp3) is 0.350. The number of carbonyl (C=O) groups excluding carboxylic acids is 1. The van der Waals surface area contributed by atoms with E-state index in [1.54, 1.807) is 19.2 Å². The van der Waals surface area contributed by atoms with E-state index in [0.29, 0.717) is 12.2 Å². The second kappa shape index (κ2) is 8.21. The molecule has 0 radical (unpaired) electrons. The van der Waals surface area contributed by atoms with Crippen LogP contribution < -0.4 is 14.8 Å². The highest BCUT2D eigenvalue weighted by molar-refractivity contribution is 5.78. The zero-order valence-electron chi connectivity index (χ0n) is 14.5. The van der Waals surface area contributed by atoms with Gasteiger partial charge in [0.15, 0.2) is 6.61 Å². The summed E-state index contributed by atoms with van der Waals surface area (Å²) in [5.41, 5.74) is 0.927. The highest BCUT2D eigenvalue weighted by atomic mass is 16.5. The summed E-state index contributed by atoms with van der Waals surface area (Å²) >= 11 is 0. The van der Waals surface area contributed by atoms with Crippen molar-refractivity contribution in [2.75, 3.05) is 13.7 Å². The molecule has 0 bridgehead atoms. The average molecular weight is 357 g/mol. The van der Waals surface area contributed by atoms with Crippen LogP contribution in [0.4, 0.5) is 0 Å². The van der Waals surface area contributed by atoms with Crippen LogP contribution in [-0.2, 0) is 4.79 Å². The molecular weight excluding hydrogens is 334 g/mol. The van der Waals surface area contributed by atoms with E-state index in [2.05, 4.69) is 5.32 Å². The maximum absolute atomic E-state index is 12.3. The molecule has 0 spiro atoms. The smallest absolute Gasteiger partial charge is 0.258 e. The molecule has 1 amide bonds. The number of ether oxygens (including phenoxy) is 2. The largest absolute Gasteiger partial charge is 0.497 e. The maximum Gasteiger partial charge on any atom is 0.258 e. The van der Waals surface area contributed by atoms with Crippen LogP contribution in [0.25, 0.3) is 0 Å². The van der Waals surface area contributed by atoms with Gasteiger partial charge in [-0.2, -0.15) is 0 Å². The van der Waals surface area contributed by atoms with Gasteiger partial charge in [0, 0.05) is 5.92 Å². The predicted molar refractivity (Wildman–Crippen MR) is 96.2 cm³/mol. The highest BCUT2D eigenvalue weighted by Crippen LogP contribution is 2.36. The van der Waals surface area contributed by atoms with Gasteiger partial charge in [-0.25, -0.2) is 0 Å².